The molecule has 0 N–H and O–H groups in total. The topological polar surface area (TPSA) is 88.1 Å². The number of benzene rings is 2. The third-order valence-corrected chi connectivity index (χ3v) is 4.88. The first kappa shape index (κ1) is 18.4. The summed E-state index contributed by atoms with van der Waals surface area (Å²) in [7, 11) is 1.61. The number of nitrogens with zero attached hydrogens (tertiary/aromatic N) is 5. The van der Waals surface area contributed by atoms with E-state index in [4.69, 9.17) is 14.0 Å². The van der Waals surface area contributed by atoms with Gasteiger partial charge in [-0.1, -0.05) is 22.5 Å². The molecule has 0 radical (unpaired) electrons. The number of ether oxygens (including phenoxy) is 2. The van der Waals surface area contributed by atoms with Gasteiger partial charge in [-0.15, -0.1) is 5.10 Å². The molecule has 8 nitrogen and oxygen atoms in total. The second-order valence-electron chi connectivity index (χ2n) is 6.69. The fourth-order valence-electron chi connectivity index (χ4n) is 3.30. The van der Waals surface area contributed by atoms with E-state index in [1.807, 2.05) is 24.3 Å². The monoisotopic (exact) mass is 411 g/mol. The highest BCUT2D eigenvalue weighted by Crippen LogP contribution is 2.31. The predicted octanol–water partition coefficient (Wildman–Crippen LogP) is 3.55. The third-order valence-electron chi connectivity index (χ3n) is 4.88. The van der Waals surface area contributed by atoms with Gasteiger partial charge in [0.1, 0.15) is 23.5 Å². The molecule has 2 aromatic carbocycles. The van der Waals surface area contributed by atoms with Crippen LogP contribution in [0, 0.1) is 11.6 Å². The van der Waals surface area contributed by atoms with Crippen LogP contribution in [0.15, 0.2) is 47.0 Å². The molecule has 1 aliphatic heterocycles. The number of halogens is 2. The largest absolute Gasteiger partial charge is 0.497 e. The molecule has 152 valence electrons. The predicted molar refractivity (Wildman–Crippen MR) is 99.2 cm³/mol. The second kappa shape index (κ2) is 7.30. The molecule has 10 heteroatoms. The summed E-state index contributed by atoms with van der Waals surface area (Å²) in [5.74, 6) is -0.522. The maximum Gasteiger partial charge on any atom is 0.261 e. The number of hydrogen-bond acceptors (Lipinski definition) is 7. The van der Waals surface area contributed by atoms with Gasteiger partial charge in [-0.25, -0.2) is 13.5 Å². The molecule has 0 saturated carbocycles. The van der Waals surface area contributed by atoms with Crippen molar-refractivity contribution < 1.29 is 22.8 Å². The van der Waals surface area contributed by atoms with Crippen molar-refractivity contribution in [1.82, 2.24) is 25.1 Å². The van der Waals surface area contributed by atoms with E-state index in [1.165, 1.54) is 0 Å². The molecule has 4 aromatic rings. The minimum absolute atomic E-state index is 0.120. The SMILES string of the molecule is COc1ccc(C2Cn3nnc(-c4noc(-c5cc(F)ccc5F)n4)c3CO2)cc1. The Morgan fingerprint density at radius 3 is 2.77 bits per heavy atom. The molecule has 1 atom stereocenters. The highest BCUT2D eigenvalue weighted by molar-refractivity contribution is 5.59. The summed E-state index contributed by atoms with van der Waals surface area (Å²) in [5, 5.41) is 12.1. The van der Waals surface area contributed by atoms with Crippen molar-refractivity contribution in [1.29, 1.82) is 0 Å². The van der Waals surface area contributed by atoms with Crippen molar-refractivity contribution in [3.05, 3.63) is 65.4 Å². The van der Waals surface area contributed by atoms with Gasteiger partial charge in [-0.2, -0.15) is 4.98 Å². The van der Waals surface area contributed by atoms with Gasteiger partial charge in [0, 0.05) is 0 Å². The van der Waals surface area contributed by atoms with Crippen LogP contribution in [0.5, 0.6) is 5.75 Å². The molecule has 30 heavy (non-hydrogen) atoms. The Kier molecular flexibility index (Phi) is 4.47. The third kappa shape index (κ3) is 3.20. The van der Waals surface area contributed by atoms with Gasteiger partial charge in [0.25, 0.3) is 5.89 Å². The van der Waals surface area contributed by atoms with E-state index in [0.717, 1.165) is 29.5 Å². The lowest BCUT2D eigenvalue weighted by molar-refractivity contribution is -0.00114. The zero-order chi connectivity index (χ0) is 20.7. The highest BCUT2D eigenvalue weighted by atomic mass is 19.1. The molecular weight excluding hydrogens is 396 g/mol. The van der Waals surface area contributed by atoms with Crippen LogP contribution in [-0.2, 0) is 17.9 Å². The van der Waals surface area contributed by atoms with E-state index >= 15 is 0 Å². The van der Waals surface area contributed by atoms with Gasteiger partial charge < -0.3 is 14.0 Å². The first-order valence-corrected chi connectivity index (χ1v) is 9.10. The minimum atomic E-state index is -0.665. The Bertz CT molecular complexity index is 1210. The zero-order valence-corrected chi connectivity index (χ0v) is 15.7. The van der Waals surface area contributed by atoms with E-state index in [1.54, 1.807) is 11.8 Å². The Hall–Kier alpha value is -3.66. The first-order chi connectivity index (χ1) is 14.6. The van der Waals surface area contributed by atoms with Gasteiger partial charge >= 0.3 is 0 Å². The fourth-order valence-corrected chi connectivity index (χ4v) is 3.30. The number of methoxy groups -OCH3 is 1. The maximum atomic E-state index is 14.0. The summed E-state index contributed by atoms with van der Waals surface area (Å²) < 4.78 is 45.4. The minimum Gasteiger partial charge on any atom is -0.497 e. The average Bonchev–Trinajstić information content (AvgIpc) is 3.42. The fraction of sp³-hybridized carbons (Fsp3) is 0.200. The number of aromatic nitrogens is 5. The van der Waals surface area contributed by atoms with Crippen LogP contribution >= 0.6 is 0 Å². The van der Waals surface area contributed by atoms with Crippen molar-refractivity contribution in [2.75, 3.05) is 7.11 Å². The van der Waals surface area contributed by atoms with Crippen molar-refractivity contribution in [2.24, 2.45) is 0 Å². The summed E-state index contributed by atoms with van der Waals surface area (Å²) >= 11 is 0. The second-order valence-corrected chi connectivity index (χ2v) is 6.69. The Morgan fingerprint density at radius 1 is 1.13 bits per heavy atom. The van der Waals surface area contributed by atoms with E-state index in [9.17, 15) is 8.78 Å². The van der Waals surface area contributed by atoms with Crippen molar-refractivity contribution in [3.63, 3.8) is 0 Å². The summed E-state index contributed by atoms with van der Waals surface area (Å²) in [6.45, 7) is 0.690. The lowest BCUT2D eigenvalue weighted by Gasteiger charge is -2.24. The smallest absolute Gasteiger partial charge is 0.261 e. The molecule has 3 heterocycles. The summed E-state index contributed by atoms with van der Waals surface area (Å²) in [6.07, 6.45) is -0.194. The Morgan fingerprint density at radius 2 is 1.97 bits per heavy atom. The van der Waals surface area contributed by atoms with Crippen LogP contribution < -0.4 is 4.74 Å². The zero-order valence-electron chi connectivity index (χ0n) is 15.7. The van der Waals surface area contributed by atoms with Crippen LogP contribution in [0.2, 0.25) is 0 Å². The van der Waals surface area contributed by atoms with Crippen LogP contribution in [0.4, 0.5) is 8.78 Å². The van der Waals surface area contributed by atoms with Gasteiger partial charge in [0.15, 0.2) is 5.69 Å². The Labute approximate surface area is 169 Å². The van der Waals surface area contributed by atoms with E-state index in [-0.39, 0.29) is 30.0 Å². The normalized spacial score (nSPS) is 15.8. The van der Waals surface area contributed by atoms with Crippen molar-refractivity contribution in [2.45, 2.75) is 19.3 Å². The van der Waals surface area contributed by atoms with Crippen LogP contribution in [-0.4, -0.2) is 32.2 Å². The molecule has 0 bridgehead atoms. The molecule has 5 rings (SSSR count). The standard InChI is InChI=1S/C20H15F2N5O3/c1-28-13-5-2-11(3-6-13)17-9-27-16(10-29-17)18(24-26-27)19-23-20(30-25-19)14-8-12(21)4-7-15(14)22/h2-8,17H,9-10H2,1H3. The Balaban J connectivity index is 1.41. The number of rotatable bonds is 4. The van der Waals surface area contributed by atoms with Crippen LogP contribution in [0.3, 0.4) is 0 Å². The number of hydrogen-bond donors (Lipinski definition) is 0. The molecule has 1 aliphatic rings. The molecular formula is C20H15F2N5O3. The van der Waals surface area contributed by atoms with Crippen molar-refractivity contribution >= 4 is 0 Å². The lowest BCUT2D eigenvalue weighted by Crippen LogP contribution is -2.22. The average molecular weight is 411 g/mol. The van der Waals surface area contributed by atoms with Crippen molar-refractivity contribution in [3.8, 4) is 28.7 Å². The lowest BCUT2D eigenvalue weighted by atomic mass is 10.1. The van der Waals surface area contributed by atoms with E-state index in [2.05, 4.69) is 20.5 Å². The molecule has 2 aromatic heterocycles. The van der Waals surface area contributed by atoms with Crippen LogP contribution in [0.25, 0.3) is 23.0 Å². The van der Waals surface area contributed by atoms with Gasteiger partial charge in [0.2, 0.25) is 5.82 Å². The van der Waals surface area contributed by atoms with Gasteiger partial charge in [-0.3, -0.25) is 0 Å². The van der Waals surface area contributed by atoms with E-state index < -0.39 is 11.6 Å². The molecule has 0 saturated heterocycles. The molecule has 0 fully saturated rings. The molecule has 0 spiro atoms. The molecule has 0 amide bonds. The van der Waals surface area contributed by atoms with Crippen LogP contribution in [0.1, 0.15) is 17.4 Å². The summed E-state index contributed by atoms with van der Waals surface area (Å²) in [5.41, 5.74) is 1.91. The van der Waals surface area contributed by atoms with Gasteiger partial charge in [0.05, 0.1) is 31.5 Å². The van der Waals surface area contributed by atoms with E-state index in [0.29, 0.717) is 17.9 Å². The van der Waals surface area contributed by atoms with Gasteiger partial charge in [-0.05, 0) is 35.9 Å². The first-order valence-electron chi connectivity index (χ1n) is 9.10. The maximum absolute atomic E-state index is 14.0. The molecule has 1 unspecified atom stereocenters. The highest BCUT2D eigenvalue weighted by Gasteiger charge is 2.28. The quantitative estimate of drug-likeness (QED) is 0.507. The number of fused-ring (bicyclic) bond motifs is 1. The molecule has 0 aliphatic carbocycles. The summed E-state index contributed by atoms with van der Waals surface area (Å²) in [4.78, 5) is 4.16. The summed E-state index contributed by atoms with van der Waals surface area (Å²) in [6, 6.07) is 10.6.